The first-order valence-corrected chi connectivity index (χ1v) is 5.74. The SMILES string of the molecule is N/C(=N/O)c1ccnnc1Sc1nncs1. The second kappa shape index (κ2) is 4.86. The van der Waals surface area contributed by atoms with Crippen molar-refractivity contribution in [1.82, 2.24) is 20.4 Å². The second-order valence-corrected chi connectivity index (χ2v) is 4.61. The van der Waals surface area contributed by atoms with Crippen LogP contribution in [-0.2, 0) is 0 Å². The molecule has 0 bridgehead atoms. The van der Waals surface area contributed by atoms with Crippen LogP contribution in [0.3, 0.4) is 0 Å². The van der Waals surface area contributed by atoms with E-state index in [-0.39, 0.29) is 5.84 Å². The van der Waals surface area contributed by atoms with Gasteiger partial charge >= 0.3 is 0 Å². The van der Waals surface area contributed by atoms with Crippen LogP contribution < -0.4 is 5.73 Å². The molecule has 0 unspecified atom stereocenters. The van der Waals surface area contributed by atoms with E-state index in [0.29, 0.717) is 14.9 Å². The Hall–Kier alpha value is -1.74. The molecule has 0 aliphatic rings. The average Bonchev–Trinajstić information content (AvgIpc) is 2.82. The third kappa shape index (κ3) is 2.25. The zero-order valence-corrected chi connectivity index (χ0v) is 9.44. The molecule has 0 radical (unpaired) electrons. The highest BCUT2D eigenvalue weighted by molar-refractivity contribution is 8.01. The number of oxime groups is 1. The van der Waals surface area contributed by atoms with Crippen LogP contribution in [0.15, 0.2) is 32.3 Å². The standard InChI is InChI=1S/C7H6N6OS2/c8-5(13-14)4-1-2-9-11-6(4)16-7-12-10-3-15-7/h1-3,14H,(H2,8,13). The minimum Gasteiger partial charge on any atom is -0.409 e. The van der Waals surface area contributed by atoms with Gasteiger partial charge in [0.15, 0.2) is 10.2 Å². The van der Waals surface area contributed by atoms with E-state index in [1.165, 1.54) is 29.3 Å². The lowest BCUT2D eigenvalue weighted by atomic mass is 10.3. The summed E-state index contributed by atoms with van der Waals surface area (Å²) >= 11 is 2.64. The van der Waals surface area contributed by atoms with Gasteiger partial charge in [-0.3, -0.25) is 0 Å². The Morgan fingerprint density at radius 2 is 2.31 bits per heavy atom. The lowest BCUT2D eigenvalue weighted by Gasteiger charge is -2.02. The number of hydrogen-bond acceptors (Lipinski definition) is 8. The first kappa shape index (κ1) is 10.8. The lowest BCUT2D eigenvalue weighted by Crippen LogP contribution is -2.15. The van der Waals surface area contributed by atoms with Gasteiger partial charge in [-0.25, -0.2) is 0 Å². The molecule has 9 heteroatoms. The molecule has 16 heavy (non-hydrogen) atoms. The normalized spacial score (nSPS) is 11.6. The van der Waals surface area contributed by atoms with Crippen molar-refractivity contribution in [3.63, 3.8) is 0 Å². The maximum Gasteiger partial charge on any atom is 0.180 e. The van der Waals surface area contributed by atoms with Crippen molar-refractivity contribution in [3.8, 4) is 0 Å². The minimum absolute atomic E-state index is 0.0121. The van der Waals surface area contributed by atoms with E-state index in [0.717, 1.165) is 0 Å². The molecule has 82 valence electrons. The molecular formula is C7H6N6OS2. The van der Waals surface area contributed by atoms with Crippen LogP contribution in [0.25, 0.3) is 0 Å². The number of aromatic nitrogens is 4. The molecule has 2 rings (SSSR count). The van der Waals surface area contributed by atoms with Gasteiger partial charge in [-0.2, -0.15) is 5.10 Å². The predicted octanol–water partition coefficient (Wildman–Crippen LogP) is 0.574. The topological polar surface area (TPSA) is 110 Å². The molecule has 2 aromatic rings. The molecule has 0 saturated heterocycles. The summed E-state index contributed by atoms with van der Waals surface area (Å²) in [6.45, 7) is 0. The lowest BCUT2D eigenvalue weighted by molar-refractivity contribution is 0.318. The maximum atomic E-state index is 8.62. The molecule has 7 nitrogen and oxygen atoms in total. The first-order valence-electron chi connectivity index (χ1n) is 4.05. The van der Waals surface area contributed by atoms with Gasteiger partial charge in [-0.15, -0.1) is 15.3 Å². The van der Waals surface area contributed by atoms with E-state index in [1.807, 2.05) is 0 Å². The molecule has 0 amide bonds. The summed E-state index contributed by atoms with van der Waals surface area (Å²) in [6, 6.07) is 1.62. The summed E-state index contributed by atoms with van der Waals surface area (Å²) in [7, 11) is 0. The quantitative estimate of drug-likeness (QED) is 0.356. The summed E-state index contributed by atoms with van der Waals surface area (Å²) in [5.41, 5.74) is 7.64. The van der Waals surface area contributed by atoms with E-state index in [2.05, 4.69) is 25.6 Å². The zero-order chi connectivity index (χ0) is 11.4. The monoisotopic (exact) mass is 254 g/mol. The minimum atomic E-state index is -0.0121. The van der Waals surface area contributed by atoms with Gasteiger partial charge in [0.25, 0.3) is 0 Å². The fourth-order valence-electron chi connectivity index (χ4n) is 0.933. The molecule has 0 fully saturated rings. The summed E-state index contributed by atoms with van der Waals surface area (Å²) in [4.78, 5) is 0. The van der Waals surface area contributed by atoms with Crippen LogP contribution in [0, 0.1) is 0 Å². The van der Waals surface area contributed by atoms with Crippen molar-refractivity contribution in [2.75, 3.05) is 0 Å². The largest absolute Gasteiger partial charge is 0.409 e. The van der Waals surface area contributed by atoms with Crippen molar-refractivity contribution >= 4 is 28.9 Å². The van der Waals surface area contributed by atoms with Gasteiger partial charge in [0.1, 0.15) is 10.5 Å². The Morgan fingerprint density at radius 1 is 1.44 bits per heavy atom. The van der Waals surface area contributed by atoms with Crippen molar-refractivity contribution in [2.45, 2.75) is 9.37 Å². The zero-order valence-electron chi connectivity index (χ0n) is 7.81. The summed E-state index contributed by atoms with van der Waals surface area (Å²) in [5, 5.41) is 27.3. The number of rotatable bonds is 3. The van der Waals surface area contributed by atoms with Gasteiger partial charge in [0, 0.05) is 0 Å². The third-order valence-corrected chi connectivity index (χ3v) is 3.37. The Morgan fingerprint density at radius 3 is 3.00 bits per heavy atom. The highest BCUT2D eigenvalue weighted by Gasteiger charge is 2.11. The number of nitrogens with zero attached hydrogens (tertiary/aromatic N) is 5. The molecular weight excluding hydrogens is 248 g/mol. The molecule has 0 saturated carbocycles. The molecule has 0 aromatic carbocycles. The molecule has 0 aliphatic carbocycles. The van der Waals surface area contributed by atoms with Crippen LogP contribution in [0.4, 0.5) is 0 Å². The maximum absolute atomic E-state index is 8.62. The van der Waals surface area contributed by atoms with E-state index in [9.17, 15) is 0 Å². The molecule has 0 spiro atoms. The Bertz CT molecular complexity index is 499. The van der Waals surface area contributed by atoms with Crippen molar-refractivity contribution < 1.29 is 5.21 Å². The van der Waals surface area contributed by atoms with Crippen LogP contribution in [-0.4, -0.2) is 31.4 Å². The van der Waals surface area contributed by atoms with Gasteiger partial charge in [0.2, 0.25) is 0 Å². The Labute approximate surface area is 98.4 Å². The number of amidine groups is 1. The highest BCUT2D eigenvalue weighted by atomic mass is 32.2. The van der Waals surface area contributed by atoms with Crippen molar-refractivity contribution in [1.29, 1.82) is 0 Å². The molecule has 0 aliphatic heterocycles. The van der Waals surface area contributed by atoms with Gasteiger partial charge < -0.3 is 10.9 Å². The fraction of sp³-hybridized carbons (Fsp3) is 0. The highest BCUT2D eigenvalue weighted by Crippen LogP contribution is 2.28. The van der Waals surface area contributed by atoms with Crippen LogP contribution >= 0.6 is 23.1 Å². The smallest absolute Gasteiger partial charge is 0.180 e. The predicted molar refractivity (Wildman–Crippen MR) is 58.6 cm³/mol. The Kier molecular flexibility index (Phi) is 3.27. The molecule has 0 atom stereocenters. The molecule has 3 N–H and O–H groups in total. The summed E-state index contributed by atoms with van der Waals surface area (Å²) < 4.78 is 0.715. The van der Waals surface area contributed by atoms with Crippen molar-refractivity contribution in [3.05, 3.63) is 23.3 Å². The number of nitrogens with two attached hydrogens (primary N) is 1. The van der Waals surface area contributed by atoms with E-state index in [4.69, 9.17) is 10.9 Å². The van der Waals surface area contributed by atoms with Crippen LogP contribution in [0.2, 0.25) is 0 Å². The third-order valence-electron chi connectivity index (χ3n) is 1.59. The second-order valence-electron chi connectivity index (χ2n) is 2.54. The van der Waals surface area contributed by atoms with Crippen LogP contribution in [0.5, 0.6) is 0 Å². The molecule has 2 heterocycles. The van der Waals surface area contributed by atoms with E-state index >= 15 is 0 Å². The number of hydrogen-bond donors (Lipinski definition) is 2. The van der Waals surface area contributed by atoms with Crippen molar-refractivity contribution in [2.24, 2.45) is 10.9 Å². The Balaban J connectivity index is 2.34. The summed E-state index contributed by atoms with van der Waals surface area (Å²) in [6.07, 6.45) is 1.47. The van der Waals surface area contributed by atoms with E-state index < -0.39 is 0 Å². The van der Waals surface area contributed by atoms with Gasteiger partial charge in [0.05, 0.1) is 11.8 Å². The first-order chi connectivity index (χ1) is 7.81. The summed E-state index contributed by atoms with van der Waals surface area (Å²) in [5.74, 6) is -0.0121. The van der Waals surface area contributed by atoms with Crippen LogP contribution in [0.1, 0.15) is 5.56 Å². The molecule has 2 aromatic heterocycles. The van der Waals surface area contributed by atoms with Gasteiger partial charge in [-0.1, -0.05) is 16.5 Å². The van der Waals surface area contributed by atoms with Gasteiger partial charge in [-0.05, 0) is 17.8 Å². The van der Waals surface area contributed by atoms with E-state index in [1.54, 1.807) is 11.6 Å². The average molecular weight is 254 g/mol. The fourth-order valence-corrected chi connectivity index (χ4v) is 2.39.